The zero-order valence-corrected chi connectivity index (χ0v) is 10.0. The van der Waals surface area contributed by atoms with Gasteiger partial charge in [-0.25, -0.2) is 13.8 Å². The number of benzene rings is 1. The molecule has 2 heterocycles. The maximum Gasteiger partial charge on any atom is 0.298 e. The number of amidine groups is 1. The summed E-state index contributed by atoms with van der Waals surface area (Å²) < 4.78 is 31.9. The minimum absolute atomic E-state index is 0.164. The number of fused-ring (bicyclic) bond motifs is 1. The van der Waals surface area contributed by atoms with Crippen molar-refractivity contribution >= 4 is 11.8 Å². The Morgan fingerprint density at radius 3 is 2.89 bits per heavy atom. The number of rotatable bonds is 2. The van der Waals surface area contributed by atoms with Gasteiger partial charge in [0.25, 0.3) is 6.02 Å². The summed E-state index contributed by atoms with van der Waals surface area (Å²) in [5.41, 5.74) is 0.181. The van der Waals surface area contributed by atoms with Crippen LogP contribution >= 0.6 is 0 Å². The number of nitrogens with zero attached hydrogens (tertiary/aromatic N) is 2. The number of aliphatic imine (C=N–C) groups is 1. The van der Waals surface area contributed by atoms with Crippen LogP contribution in [0.4, 0.5) is 8.78 Å². The summed E-state index contributed by atoms with van der Waals surface area (Å²) in [5, 5.41) is 0. The molecule has 0 aromatic heterocycles. The highest BCUT2D eigenvalue weighted by Gasteiger charge is 2.43. The predicted octanol–water partition coefficient (Wildman–Crippen LogP) is 2.14. The van der Waals surface area contributed by atoms with Crippen molar-refractivity contribution < 1.29 is 18.3 Å². The average Bonchev–Trinajstić information content (AvgIpc) is 2.87. The van der Waals surface area contributed by atoms with E-state index >= 15 is 0 Å². The number of halogens is 2. The van der Waals surface area contributed by atoms with Crippen molar-refractivity contribution in [3.8, 4) is 0 Å². The molecule has 3 rings (SSSR count). The van der Waals surface area contributed by atoms with E-state index in [0.29, 0.717) is 0 Å². The topological polar surface area (TPSA) is 41.9 Å². The standard InChI is InChI=1S/C13H10F2N2O2/c1-7(18)12-11(16-13-17(12)4-5-19-13)9-3-2-8(14)6-10(9)15/h2-6,11-12H,1H3. The number of ether oxygens (including phenoxy) is 1. The van der Waals surface area contributed by atoms with E-state index in [4.69, 9.17) is 4.74 Å². The van der Waals surface area contributed by atoms with E-state index in [-0.39, 0.29) is 17.4 Å². The van der Waals surface area contributed by atoms with Crippen molar-refractivity contribution in [2.75, 3.05) is 0 Å². The van der Waals surface area contributed by atoms with Crippen LogP contribution in [-0.2, 0) is 9.53 Å². The van der Waals surface area contributed by atoms with Crippen molar-refractivity contribution in [1.82, 2.24) is 4.90 Å². The lowest BCUT2D eigenvalue weighted by Gasteiger charge is -2.21. The molecule has 6 heteroatoms. The van der Waals surface area contributed by atoms with Crippen molar-refractivity contribution in [3.63, 3.8) is 0 Å². The fraction of sp³-hybridized carbons (Fsp3) is 0.231. The Morgan fingerprint density at radius 2 is 2.21 bits per heavy atom. The molecular weight excluding hydrogens is 254 g/mol. The van der Waals surface area contributed by atoms with Crippen LogP contribution in [0.1, 0.15) is 18.5 Å². The Morgan fingerprint density at radius 1 is 1.42 bits per heavy atom. The number of carbonyl (C=O) groups is 1. The maximum atomic E-state index is 13.8. The van der Waals surface area contributed by atoms with Crippen molar-refractivity contribution in [1.29, 1.82) is 0 Å². The maximum absolute atomic E-state index is 13.8. The van der Waals surface area contributed by atoms with Gasteiger partial charge < -0.3 is 4.74 Å². The summed E-state index contributed by atoms with van der Waals surface area (Å²) in [4.78, 5) is 17.5. The Balaban J connectivity index is 2.04. The second kappa shape index (κ2) is 4.15. The molecular formula is C13H10F2N2O2. The zero-order valence-electron chi connectivity index (χ0n) is 10.0. The van der Waals surface area contributed by atoms with Gasteiger partial charge in [-0.2, -0.15) is 0 Å². The minimum atomic E-state index is -0.724. The second-order valence-corrected chi connectivity index (χ2v) is 4.39. The van der Waals surface area contributed by atoms with E-state index in [2.05, 4.69) is 4.99 Å². The molecule has 0 spiro atoms. The smallest absolute Gasteiger partial charge is 0.298 e. The average molecular weight is 264 g/mol. The second-order valence-electron chi connectivity index (χ2n) is 4.39. The molecule has 4 nitrogen and oxygen atoms in total. The molecule has 0 N–H and O–H groups in total. The van der Waals surface area contributed by atoms with Gasteiger partial charge in [0, 0.05) is 17.8 Å². The van der Waals surface area contributed by atoms with Gasteiger partial charge in [0.15, 0.2) is 5.78 Å². The molecule has 19 heavy (non-hydrogen) atoms. The molecule has 98 valence electrons. The van der Waals surface area contributed by atoms with E-state index in [1.807, 2.05) is 0 Å². The van der Waals surface area contributed by atoms with E-state index in [1.54, 1.807) is 11.1 Å². The first-order valence-corrected chi connectivity index (χ1v) is 5.73. The number of hydrogen-bond donors (Lipinski definition) is 0. The van der Waals surface area contributed by atoms with Gasteiger partial charge in [0.05, 0.1) is 0 Å². The largest absolute Gasteiger partial charge is 0.432 e. The van der Waals surface area contributed by atoms with E-state index in [1.165, 1.54) is 19.3 Å². The van der Waals surface area contributed by atoms with Crippen LogP contribution in [0.2, 0.25) is 0 Å². The molecule has 0 aliphatic carbocycles. The summed E-state index contributed by atoms with van der Waals surface area (Å²) >= 11 is 0. The van der Waals surface area contributed by atoms with Gasteiger partial charge in [0.1, 0.15) is 30.0 Å². The monoisotopic (exact) mass is 264 g/mol. The highest BCUT2D eigenvalue weighted by molar-refractivity contribution is 5.92. The Labute approximate surface area is 108 Å². The fourth-order valence-corrected chi connectivity index (χ4v) is 2.33. The van der Waals surface area contributed by atoms with Gasteiger partial charge in [-0.15, -0.1) is 0 Å². The lowest BCUT2D eigenvalue weighted by atomic mass is 9.97. The van der Waals surface area contributed by atoms with Gasteiger partial charge in [-0.3, -0.25) is 9.69 Å². The predicted molar refractivity (Wildman–Crippen MR) is 63.1 cm³/mol. The summed E-state index contributed by atoms with van der Waals surface area (Å²) in [6.07, 6.45) is 2.98. The fourth-order valence-electron chi connectivity index (χ4n) is 2.33. The Hall–Kier alpha value is -2.24. The molecule has 0 bridgehead atoms. The lowest BCUT2D eigenvalue weighted by molar-refractivity contribution is -0.120. The van der Waals surface area contributed by atoms with Crippen molar-refractivity contribution in [2.24, 2.45) is 4.99 Å². The molecule has 2 aliphatic rings. The first-order valence-electron chi connectivity index (χ1n) is 5.73. The number of hydrogen-bond acceptors (Lipinski definition) is 4. The van der Waals surface area contributed by atoms with Gasteiger partial charge in [0.2, 0.25) is 0 Å². The van der Waals surface area contributed by atoms with Gasteiger partial charge in [-0.05, 0) is 13.0 Å². The summed E-state index contributed by atoms with van der Waals surface area (Å²) in [7, 11) is 0. The molecule has 1 aromatic carbocycles. The van der Waals surface area contributed by atoms with Crippen LogP contribution in [0.15, 0.2) is 35.7 Å². The third kappa shape index (κ3) is 1.80. The summed E-state index contributed by atoms with van der Waals surface area (Å²) in [6.45, 7) is 1.41. The zero-order chi connectivity index (χ0) is 13.6. The number of ketones is 1. The molecule has 2 unspecified atom stereocenters. The SMILES string of the molecule is CC(=O)C1C(c2ccc(F)cc2F)N=C2OC=CN21. The number of Topliss-reactive ketones (excluding diaryl/α,β-unsaturated/α-hetero) is 1. The highest BCUT2D eigenvalue weighted by Crippen LogP contribution is 2.35. The van der Waals surface area contributed by atoms with Crippen LogP contribution in [-0.4, -0.2) is 22.7 Å². The lowest BCUT2D eigenvalue weighted by Crippen LogP contribution is -2.37. The third-order valence-corrected chi connectivity index (χ3v) is 3.16. The van der Waals surface area contributed by atoms with E-state index in [0.717, 1.165) is 12.1 Å². The molecule has 1 aromatic rings. The Kier molecular flexibility index (Phi) is 2.58. The van der Waals surface area contributed by atoms with E-state index < -0.39 is 23.7 Å². The first-order chi connectivity index (χ1) is 9.08. The highest BCUT2D eigenvalue weighted by atomic mass is 19.1. The van der Waals surface area contributed by atoms with Crippen LogP contribution in [0.25, 0.3) is 0 Å². The molecule has 0 fully saturated rings. The molecule has 0 radical (unpaired) electrons. The van der Waals surface area contributed by atoms with Crippen LogP contribution < -0.4 is 0 Å². The van der Waals surface area contributed by atoms with Crippen molar-refractivity contribution in [3.05, 3.63) is 47.9 Å². The minimum Gasteiger partial charge on any atom is -0.432 e. The molecule has 0 saturated carbocycles. The van der Waals surface area contributed by atoms with Crippen molar-refractivity contribution in [2.45, 2.75) is 19.0 Å². The Bertz CT molecular complexity index is 613. The quantitative estimate of drug-likeness (QED) is 0.821. The summed E-state index contributed by atoms with van der Waals surface area (Å²) in [6, 6.07) is 2.12. The van der Waals surface area contributed by atoms with E-state index in [9.17, 15) is 13.6 Å². The normalized spacial score (nSPS) is 24.2. The molecule has 0 saturated heterocycles. The third-order valence-electron chi connectivity index (χ3n) is 3.16. The first kappa shape index (κ1) is 11.8. The summed E-state index contributed by atoms with van der Waals surface area (Å²) in [5.74, 6) is -1.55. The van der Waals surface area contributed by atoms with Crippen LogP contribution in [0.5, 0.6) is 0 Å². The van der Waals surface area contributed by atoms with Gasteiger partial charge >= 0.3 is 0 Å². The molecule has 2 atom stereocenters. The molecule has 0 amide bonds. The van der Waals surface area contributed by atoms with Gasteiger partial charge in [-0.1, -0.05) is 6.07 Å². The van der Waals surface area contributed by atoms with Crippen LogP contribution in [0, 0.1) is 11.6 Å². The number of carbonyl (C=O) groups excluding carboxylic acids is 1. The molecule has 2 aliphatic heterocycles. The van der Waals surface area contributed by atoms with Crippen LogP contribution in [0.3, 0.4) is 0 Å².